The van der Waals surface area contributed by atoms with Gasteiger partial charge in [0.05, 0.1) is 0 Å². The summed E-state index contributed by atoms with van der Waals surface area (Å²) in [5.74, 6) is -1.09. The highest BCUT2D eigenvalue weighted by Crippen LogP contribution is 2.16. The number of hydrogen-bond acceptors (Lipinski definition) is 3. The van der Waals surface area contributed by atoms with Gasteiger partial charge in [0, 0.05) is 37.5 Å². The number of carboxylic acid groups (broad SMARTS) is 1. The Balaban J connectivity index is 2.66. The first-order valence-corrected chi connectivity index (χ1v) is 5.96. The number of nitrogens with zero attached hydrogens (tertiary/aromatic N) is 2. The van der Waals surface area contributed by atoms with E-state index in [1.807, 2.05) is 6.92 Å². The predicted molar refractivity (Wildman–Crippen MR) is 68.3 cm³/mol. The number of aromatic nitrogens is 1. The van der Waals surface area contributed by atoms with Crippen LogP contribution in [0.5, 0.6) is 0 Å². The molecule has 0 spiro atoms. The lowest BCUT2D eigenvalue weighted by atomic mass is 10.0. The third-order valence-corrected chi connectivity index (χ3v) is 2.64. The highest BCUT2D eigenvalue weighted by Gasteiger charge is 2.18. The highest BCUT2D eigenvalue weighted by atomic mass is 16.4. The van der Waals surface area contributed by atoms with Gasteiger partial charge in [-0.05, 0) is 25.0 Å². The number of carbonyl (C=O) groups is 2. The van der Waals surface area contributed by atoms with E-state index in [-0.39, 0.29) is 24.7 Å². The number of amides is 1. The first kappa shape index (κ1) is 14.2. The van der Waals surface area contributed by atoms with E-state index in [1.54, 1.807) is 36.4 Å². The van der Waals surface area contributed by atoms with Crippen LogP contribution in [0.15, 0.2) is 24.5 Å². The van der Waals surface area contributed by atoms with E-state index in [0.29, 0.717) is 6.54 Å². The molecule has 5 heteroatoms. The summed E-state index contributed by atoms with van der Waals surface area (Å²) < 4.78 is 0. The lowest BCUT2D eigenvalue weighted by molar-refractivity contribution is -0.138. The molecule has 0 aliphatic rings. The van der Waals surface area contributed by atoms with Crippen LogP contribution in [0.2, 0.25) is 0 Å². The largest absolute Gasteiger partial charge is 0.481 e. The van der Waals surface area contributed by atoms with Crippen molar-refractivity contribution in [2.45, 2.75) is 26.7 Å². The molecule has 1 rings (SSSR count). The average Bonchev–Trinajstić information content (AvgIpc) is 2.29. The minimum Gasteiger partial charge on any atom is -0.481 e. The van der Waals surface area contributed by atoms with E-state index in [1.165, 1.54) is 0 Å². The molecule has 0 bridgehead atoms. The lowest BCUT2D eigenvalue weighted by Crippen LogP contribution is -2.32. The number of rotatable bonds is 6. The fourth-order valence-corrected chi connectivity index (χ4v) is 1.81. The Kier molecular flexibility index (Phi) is 5.30. The van der Waals surface area contributed by atoms with Gasteiger partial charge in [-0.15, -0.1) is 0 Å². The summed E-state index contributed by atoms with van der Waals surface area (Å²) in [5, 5.41) is 8.68. The fraction of sp³-hybridized carbons (Fsp3) is 0.462. The smallest absolute Gasteiger partial charge is 0.303 e. The zero-order chi connectivity index (χ0) is 13.5. The molecule has 1 amide bonds. The Morgan fingerprint density at radius 3 is 2.44 bits per heavy atom. The third-order valence-electron chi connectivity index (χ3n) is 2.64. The number of carbonyl (C=O) groups excluding carboxylic acids is 1. The molecule has 0 aromatic carbocycles. The zero-order valence-electron chi connectivity index (χ0n) is 10.7. The second-order valence-electron chi connectivity index (χ2n) is 4.25. The molecule has 0 saturated carbocycles. The minimum atomic E-state index is -0.873. The van der Waals surface area contributed by atoms with Crippen LogP contribution in [-0.4, -0.2) is 28.5 Å². The van der Waals surface area contributed by atoms with Gasteiger partial charge < -0.3 is 10.0 Å². The number of carboxylic acids is 1. The van der Waals surface area contributed by atoms with E-state index in [0.717, 1.165) is 5.69 Å². The molecule has 18 heavy (non-hydrogen) atoms. The fourth-order valence-electron chi connectivity index (χ4n) is 1.81. The lowest BCUT2D eigenvalue weighted by Gasteiger charge is -2.22. The molecule has 1 aromatic rings. The molecule has 5 nitrogen and oxygen atoms in total. The average molecular weight is 250 g/mol. The van der Waals surface area contributed by atoms with Crippen molar-refractivity contribution in [3.05, 3.63) is 24.5 Å². The molecule has 0 radical (unpaired) electrons. The molecule has 0 saturated heterocycles. The van der Waals surface area contributed by atoms with Crippen molar-refractivity contribution in [2.24, 2.45) is 5.92 Å². The number of pyridine rings is 1. The summed E-state index contributed by atoms with van der Waals surface area (Å²) in [4.78, 5) is 28.2. The topological polar surface area (TPSA) is 70.5 Å². The summed E-state index contributed by atoms with van der Waals surface area (Å²) in [6.07, 6.45) is 3.51. The Bertz CT molecular complexity index is 406. The van der Waals surface area contributed by atoms with Crippen molar-refractivity contribution >= 4 is 17.6 Å². The quantitative estimate of drug-likeness (QED) is 0.837. The third kappa shape index (κ3) is 4.16. The molecular formula is C13H18N2O3. The van der Waals surface area contributed by atoms with Crippen LogP contribution >= 0.6 is 0 Å². The van der Waals surface area contributed by atoms with E-state index in [2.05, 4.69) is 4.98 Å². The van der Waals surface area contributed by atoms with Crippen molar-refractivity contribution < 1.29 is 14.7 Å². The Morgan fingerprint density at radius 1 is 1.33 bits per heavy atom. The Labute approximate surface area is 106 Å². The maximum absolute atomic E-state index is 12.1. The summed E-state index contributed by atoms with van der Waals surface area (Å²) in [7, 11) is 0. The number of aliphatic carboxylic acids is 1. The Hall–Kier alpha value is -1.91. The molecule has 0 aliphatic carbocycles. The molecule has 98 valence electrons. The second kappa shape index (κ2) is 6.74. The first-order valence-electron chi connectivity index (χ1n) is 5.96. The van der Waals surface area contributed by atoms with Crippen LogP contribution in [0.3, 0.4) is 0 Å². The maximum Gasteiger partial charge on any atom is 0.303 e. The van der Waals surface area contributed by atoms with Crippen molar-refractivity contribution in [1.82, 2.24) is 4.98 Å². The van der Waals surface area contributed by atoms with Crippen molar-refractivity contribution in [2.75, 3.05) is 11.4 Å². The first-order chi connectivity index (χ1) is 8.54. The van der Waals surface area contributed by atoms with Crippen LogP contribution < -0.4 is 4.90 Å². The van der Waals surface area contributed by atoms with Crippen molar-refractivity contribution in [3.8, 4) is 0 Å². The molecule has 1 atom stereocenters. The normalized spacial score (nSPS) is 11.9. The van der Waals surface area contributed by atoms with Gasteiger partial charge in [-0.3, -0.25) is 14.6 Å². The Morgan fingerprint density at radius 2 is 1.94 bits per heavy atom. The maximum atomic E-state index is 12.1. The van der Waals surface area contributed by atoms with E-state index in [4.69, 9.17) is 5.11 Å². The predicted octanol–water partition coefficient (Wildman–Crippen LogP) is 1.94. The number of anilines is 1. The van der Waals surface area contributed by atoms with Crippen LogP contribution in [0, 0.1) is 5.92 Å². The van der Waals surface area contributed by atoms with Crippen LogP contribution in [0.25, 0.3) is 0 Å². The van der Waals surface area contributed by atoms with Gasteiger partial charge in [0.15, 0.2) is 0 Å². The van der Waals surface area contributed by atoms with Crippen molar-refractivity contribution in [3.63, 3.8) is 0 Å². The van der Waals surface area contributed by atoms with E-state index in [9.17, 15) is 9.59 Å². The van der Waals surface area contributed by atoms with Crippen LogP contribution in [-0.2, 0) is 9.59 Å². The van der Waals surface area contributed by atoms with E-state index < -0.39 is 5.97 Å². The highest BCUT2D eigenvalue weighted by molar-refractivity contribution is 5.93. The van der Waals surface area contributed by atoms with Gasteiger partial charge in [0.1, 0.15) is 0 Å². The SMILES string of the molecule is CCN(C(=O)CC(C)CC(=O)O)c1ccncc1. The molecule has 1 heterocycles. The summed E-state index contributed by atoms with van der Waals surface area (Å²) >= 11 is 0. The van der Waals surface area contributed by atoms with Crippen LogP contribution in [0.4, 0.5) is 5.69 Å². The summed E-state index contributed by atoms with van der Waals surface area (Å²) in [6.45, 7) is 4.22. The van der Waals surface area contributed by atoms with Gasteiger partial charge in [0.2, 0.25) is 5.91 Å². The monoisotopic (exact) mass is 250 g/mol. The summed E-state index contributed by atoms with van der Waals surface area (Å²) in [6, 6.07) is 3.53. The summed E-state index contributed by atoms with van der Waals surface area (Å²) in [5.41, 5.74) is 0.792. The van der Waals surface area contributed by atoms with Crippen molar-refractivity contribution in [1.29, 1.82) is 0 Å². The van der Waals surface area contributed by atoms with Gasteiger partial charge in [-0.25, -0.2) is 0 Å². The van der Waals surface area contributed by atoms with E-state index >= 15 is 0 Å². The standard InChI is InChI=1S/C13H18N2O3/c1-3-15(11-4-6-14-7-5-11)12(16)8-10(2)9-13(17)18/h4-7,10H,3,8-9H2,1-2H3,(H,17,18). The zero-order valence-corrected chi connectivity index (χ0v) is 10.7. The van der Waals surface area contributed by atoms with Gasteiger partial charge >= 0.3 is 5.97 Å². The molecule has 1 aromatic heterocycles. The second-order valence-corrected chi connectivity index (χ2v) is 4.25. The molecule has 0 fully saturated rings. The molecule has 1 N–H and O–H groups in total. The van der Waals surface area contributed by atoms with Crippen LogP contribution in [0.1, 0.15) is 26.7 Å². The molecular weight excluding hydrogens is 232 g/mol. The van der Waals surface area contributed by atoms with Gasteiger partial charge in [-0.1, -0.05) is 6.92 Å². The molecule has 0 aliphatic heterocycles. The van der Waals surface area contributed by atoms with Gasteiger partial charge in [-0.2, -0.15) is 0 Å². The minimum absolute atomic E-state index is 0.0135. The molecule has 1 unspecified atom stereocenters. The van der Waals surface area contributed by atoms with Gasteiger partial charge in [0.25, 0.3) is 0 Å². The number of hydrogen-bond donors (Lipinski definition) is 1.